The quantitative estimate of drug-likeness (QED) is 0.878. The van der Waals surface area contributed by atoms with Gasteiger partial charge in [0, 0.05) is 15.5 Å². The van der Waals surface area contributed by atoms with E-state index < -0.39 is 6.10 Å². The summed E-state index contributed by atoms with van der Waals surface area (Å²) >= 11 is 3.79. The lowest BCUT2D eigenvalue weighted by atomic mass is 9.95. The molecule has 3 heteroatoms. The predicted octanol–water partition coefficient (Wildman–Crippen LogP) is 4.54. The molecule has 1 nitrogen and oxygen atoms in total. The maximum absolute atomic E-state index is 10.8. The van der Waals surface area contributed by atoms with E-state index in [9.17, 15) is 5.11 Å². The molecule has 0 bridgehead atoms. The van der Waals surface area contributed by atoms with Crippen LogP contribution in [0.5, 0.6) is 0 Å². The van der Waals surface area contributed by atoms with Crippen LogP contribution in [0.2, 0.25) is 0 Å². The van der Waals surface area contributed by atoms with Gasteiger partial charge in [-0.05, 0) is 61.3 Å². The summed E-state index contributed by atoms with van der Waals surface area (Å²) in [5, 5.41) is 10.8. The molecule has 1 aliphatic heterocycles. The van der Waals surface area contributed by atoms with Gasteiger partial charge in [-0.2, -0.15) is 11.8 Å². The first-order valence-electron chi connectivity index (χ1n) is 7.01. The Morgan fingerprint density at radius 1 is 1.10 bits per heavy atom. The topological polar surface area (TPSA) is 20.2 Å². The van der Waals surface area contributed by atoms with Crippen molar-refractivity contribution in [2.45, 2.75) is 39.0 Å². The molecule has 1 N–H and O–H groups in total. The minimum absolute atomic E-state index is 0.476. The van der Waals surface area contributed by atoms with Crippen molar-refractivity contribution in [3.63, 3.8) is 0 Å². The molecule has 2 heterocycles. The Kier molecular flexibility index (Phi) is 3.93. The zero-order valence-corrected chi connectivity index (χ0v) is 13.8. The lowest BCUT2D eigenvalue weighted by Gasteiger charge is -2.16. The highest BCUT2D eigenvalue weighted by Gasteiger charge is 2.21. The van der Waals surface area contributed by atoms with Crippen molar-refractivity contribution >= 4 is 23.1 Å². The first-order chi connectivity index (χ1) is 9.56. The van der Waals surface area contributed by atoms with Gasteiger partial charge in [-0.3, -0.25) is 0 Å². The molecule has 0 aliphatic carbocycles. The number of thioether (sulfide) groups is 1. The van der Waals surface area contributed by atoms with Gasteiger partial charge in [0.2, 0.25) is 0 Å². The normalized spacial score (nSPS) is 16.0. The van der Waals surface area contributed by atoms with Crippen LogP contribution >= 0.6 is 23.1 Å². The van der Waals surface area contributed by atoms with Crippen LogP contribution in [0.4, 0.5) is 0 Å². The molecule has 0 fully saturated rings. The van der Waals surface area contributed by atoms with Gasteiger partial charge in [-0.1, -0.05) is 17.7 Å². The highest BCUT2D eigenvalue weighted by molar-refractivity contribution is 7.98. The van der Waals surface area contributed by atoms with Gasteiger partial charge in [0.05, 0.1) is 0 Å². The van der Waals surface area contributed by atoms with Gasteiger partial charge in [0.1, 0.15) is 6.10 Å². The molecule has 1 aromatic heterocycles. The first-order valence-corrected chi connectivity index (χ1v) is 8.98. The molecule has 1 aliphatic rings. The first kappa shape index (κ1) is 14.2. The second-order valence-electron chi connectivity index (χ2n) is 5.61. The third-order valence-electron chi connectivity index (χ3n) is 3.93. The van der Waals surface area contributed by atoms with Crippen LogP contribution in [0.1, 0.15) is 43.7 Å². The summed E-state index contributed by atoms with van der Waals surface area (Å²) in [5.41, 5.74) is 6.16. The van der Waals surface area contributed by atoms with E-state index in [1.54, 1.807) is 11.3 Å². The van der Waals surface area contributed by atoms with Gasteiger partial charge in [0.15, 0.2) is 0 Å². The number of rotatable bonds is 2. The fourth-order valence-corrected chi connectivity index (χ4v) is 5.44. The number of aryl methyl sites for hydroxylation is 4. The average molecular weight is 304 g/mol. The van der Waals surface area contributed by atoms with E-state index in [0.717, 1.165) is 22.6 Å². The van der Waals surface area contributed by atoms with E-state index in [1.165, 1.54) is 32.9 Å². The summed E-state index contributed by atoms with van der Waals surface area (Å²) in [6.07, 6.45) is 0.680. The van der Waals surface area contributed by atoms with Crippen LogP contribution in [0, 0.1) is 20.8 Å². The Morgan fingerprint density at radius 2 is 1.80 bits per heavy atom. The summed E-state index contributed by atoms with van der Waals surface area (Å²) in [6, 6.07) is 6.54. The van der Waals surface area contributed by atoms with E-state index >= 15 is 0 Å². The fourth-order valence-electron chi connectivity index (χ4n) is 3.07. The van der Waals surface area contributed by atoms with E-state index in [-0.39, 0.29) is 0 Å². The largest absolute Gasteiger partial charge is 0.383 e. The summed E-state index contributed by atoms with van der Waals surface area (Å²) < 4.78 is 0. The third-order valence-corrected chi connectivity index (χ3v) is 6.23. The number of hydrogen-bond acceptors (Lipinski definition) is 3. The molecular formula is C17H20OS2. The Balaban J connectivity index is 2.00. The smallest absolute Gasteiger partial charge is 0.114 e. The van der Waals surface area contributed by atoms with Crippen molar-refractivity contribution in [3.8, 4) is 0 Å². The minimum Gasteiger partial charge on any atom is -0.383 e. The third kappa shape index (κ3) is 2.54. The lowest BCUT2D eigenvalue weighted by molar-refractivity contribution is 0.222. The van der Waals surface area contributed by atoms with Crippen molar-refractivity contribution in [1.82, 2.24) is 0 Å². The zero-order chi connectivity index (χ0) is 14.3. The van der Waals surface area contributed by atoms with Crippen LogP contribution in [0.15, 0.2) is 18.2 Å². The standard InChI is InChI=1S/C17H20OS2/c1-10-6-11(2)16(12(3)7-10)17(18)15-8-13-9-19-5-4-14(13)20-15/h6-8,17-18H,4-5,9H2,1-3H3. The Morgan fingerprint density at radius 3 is 2.45 bits per heavy atom. The maximum atomic E-state index is 10.8. The molecule has 1 aromatic carbocycles. The van der Waals surface area contributed by atoms with Crippen molar-refractivity contribution in [2.75, 3.05) is 5.75 Å². The van der Waals surface area contributed by atoms with E-state index in [2.05, 4.69) is 39.0 Å². The van der Waals surface area contributed by atoms with Crippen LogP contribution in [0.3, 0.4) is 0 Å². The van der Waals surface area contributed by atoms with Gasteiger partial charge in [0.25, 0.3) is 0 Å². The number of benzene rings is 1. The highest BCUT2D eigenvalue weighted by atomic mass is 32.2. The Hall–Kier alpha value is -0.770. The number of aliphatic hydroxyl groups excluding tert-OH is 1. The summed E-state index contributed by atoms with van der Waals surface area (Å²) in [4.78, 5) is 2.58. The fraction of sp³-hybridized carbons (Fsp3) is 0.412. The van der Waals surface area contributed by atoms with E-state index in [1.807, 2.05) is 11.8 Å². The van der Waals surface area contributed by atoms with Gasteiger partial charge < -0.3 is 5.11 Å². The van der Waals surface area contributed by atoms with Crippen molar-refractivity contribution in [3.05, 3.63) is 55.8 Å². The molecule has 0 saturated heterocycles. The number of hydrogen-bond donors (Lipinski definition) is 1. The highest BCUT2D eigenvalue weighted by Crippen LogP contribution is 2.38. The SMILES string of the molecule is Cc1cc(C)c(C(O)c2cc3c(s2)CCSC3)c(C)c1. The molecule has 0 saturated carbocycles. The number of thiophene rings is 1. The number of fused-ring (bicyclic) bond motifs is 1. The predicted molar refractivity (Wildman–Crippen MR) is 88.9 cm³/mol. The van der Waals surface area contributed by atoms with Gasteiger partial charge in [-0.25, -0.2) is 0 Å². The van der Waals surface area contributed by atoms with Crippen LogP contribution in [-0.2, 0) is 12.2 Å². The van der Waals surface area contributed by atoms with Crippen molar-refractivity contribution in [2.24, 2.45) is 0 Å². The lowest BCUT2D eigenvalue weighted by Crippen LogP contribution is -2.03. The molecule has 2 aromatic rings. The van der Waals surface area contributed by atoms with Crippen LogP contribution in [0.25, 0.3) is 0 Å². The molecule has 3 rings (SSSR count). The molecule has 1 unspecified atom stereocenters. The van der Waals surface area contributed by atoms with Gasteiger partial charge in [-0.15, -0.1) is 11.3 Å². The van der Waals surface area contributed by atoms with Gasteiger partial charge >= 0.3 is 0 Å². The molecule has 106 valence electrons. The van der Waals surface area contributed by atoms with E-state index in [4.69, 9.17) is 0 Å². The summed E-state index contributed by atoms with van der Waals surface area (Å²) in [7, 11) is 0. The second kappa shape index (κ2) is 5.55. The van der Waals surface area contributed by atoms with Crippen LogP contribution < -0.4 is 0 Å². The van der Waals surface area contributed by atoms with Crippen molar-refractivity contribution in [1.29, 1.82) is 0 Å². The molecule has 0 spiro atoms. The molecule has 0 amide bonds. The molecule has 0 radical (unpaired) electrons. The second-order valence-corrected chi connectivity index (χ2v) is 7.89. The Labute approximate surface area is 129 Å². The molecular weight excluding hydrogens is 284 g/mol. The van der Waals surface area contributed by atoms with E-state index in [0.29, 0.717) is 0 Å². The number of aliphatic hydroxyl groups is 1. The maximum Gasteiger partial charge on any atom is 0.114 e. The van der Waals surface area contributed by atoms with Crippen molar-refractivity contribution < 1.29 is 5.11 Å². The summed E-state index contributed by atoms with van der Waals surface area (Å²) in [6.45, 7) is 6.31. The average Bonchev–Trinajstić information content (AvgIpc) is 2.81. The zero-order valence-electron chi connectivity index (χ0n) is 12.2. The minimum atomic E-state index is -0.476. The van der Waals surface area contributed by atoms with Crippen LogP contribution in [-0.4, -0.2) is 10.9 Å². The Bertz CT molecular complexity index is 596. The monoisotopic (exact) mass is 304 g/mol. The molecule has 20 heavy (non-hydrogen) atoms. The molecule has 1 atom stereocenters. The summed E-state index contributed by atoms with van der Waals surface area (Å²) in [5.74, 6) is 2.32.